The van der Waals surface area contributed by atoms with Gasteiger partial charge in [0.2, 0.25) is 0 Å². The van der Waals surface area contributed by atoms with Gasteiger partial charge < -0.3 is 3.07 Å². The number of hydrogen-bond acceptors (Lipinski definition) is 1. The van der Waals surface area contributed by atoms with Gasteiger partial charge in [0.1, 0.15) is 23.0 Å². The summed E-state index contributed by atoms with van der Waals surface area (Å²) >= 11 is 4.15. The van der Waals surface area contributed by atoms with Gasteiger partial charge in [0.15, 0.2) is 0 Å². The van der Waals surface area contributed by atoms with Crippen LogP contribution in [0.2, 0.25) is 0 Å². The number of hydrogen-bond donors (Lipinski definition) is 0. The van der Waals surface area contributed by atoms with Crippen molar-refractivity contribution in [3.8, 4) is 0 Å². The molecule has 1 rings (SSSR count). The molecule has 0 spiro atoms. The van der Waals surface area contributed by atoms with Crippen molar-refractivity contribution in [1.29, 1.82) is 0 Å². The summed E-state index contributed by atoms with van der Waals surface area (Å²) < 4.78 is 5.12. The lowest BCUT2D eigenvalue weighted by atomic mass is 9.81. The van der Waals surface area contributed by atoms with Crippen LogP contribution in [-0.2, 0) is 3.07 Å². The van der Waals surface area contributed by atoms with Gasteiger partial charge >= 0.3 is 0 Å². The standard InChI is InChI=1S/C9H17IO.CH3I/c1-2-8-3-5-9(6-4-8)7-11-10;1-2/h8-9H,2-7H2,1H3;1H3. The number of rotatable bonds is 3. The van der Waals surface area contributed by atoms with Crippen LogP contribution in [-0.4, -0.2) is 11.5 Å². The molecule has 0 radical (unpaired) electrons. The summed E-state index contributed by atoms with van der Waals surface area (Å²) in [6.45, 7) is 3.27. The van der Waals surface area contributed by atoms with Crippen molar-refractivity contribution >= 4 is 45.6 Å². The van der Waals surface area contributed by atoms with Crippen LogP contribution in [0.5, 0.6) is 0 Å². The third-order valence-electron chi connectivity index (χ3n) is 2.84. The van der Waals surface area contributed by atoms with Gasteiger partial charge in [-0.25, -0.2) is 0 Å². The van der Waals surface area contributed by atoms with E-state index in [1.165, 1.54) is 32.1 Å². The third kappa shape index (κ3) is 6.49. The van der Waals surface area contributed by atoms with E-state index < -0.39 is 0 Å². The molecule has 1 aliphatic carbocycles. The maximum Gasteiger partial charge on any atom is 0.109 e. The van der Waals surface area contributed by atoms with E-state index in [2.05, 4.69) is 29.5 Å². The highest BCUT2D eigenvalue weighted by molar-refractivity contribution is 14.1. The average molecular weight is 410 g/mol. The summed E-state index contributed by atoms with van der Waals surface area (Å²) in [5, 5.41) is 0. The SMILES string of the molecule is CCC1CCC(COI)CC1.CI. The van der Waals surface area contributed by atoms with Crippen molar-refractivity contribution in [3.63, 3.8) is 0 Å². The first-order valence-electron chi connectivity index (χ1n) is 4.98. The minimum atomic E-state index is 0.856. The van der Waals surface area contributed by atoms with Crippen molar-refractivity contribution in [3.05, 3.63) is 0 Å². The van der Waals surface area contributed by atoms with Crippen LogP contribution in [0.25, 0.3) is 0 Å². The van der Waals surface area contributed by atoms with Gasteiger partial charge in [-0.1, -0.05) is 48.8 Å². The van der Waals surface area contributed by atoms with Gasteiger partial charge in [-0.2, -0.15) is 0 Å². The highest BCUT2D eigenvalue weighted by Gasteiger charge is 2.19. The lowest BCUT2D eigenvalue weighted by molar-refractivity contribution is 0.213. The quantitative estimate of drug-likeness (QED) is 0.488. The lowest BCUT2D eigenvalue weighted by Crippen LogP contribution is -2.16. The molecule has 1 nitrogen and oxygen atoms in total. The normalized spacial score (nSPS) is 27.7. The van der Waals surface area contributed by atoms with Crippen LogP contribution in [0, 0.1) is 11.8 Å². The summed E-state index contributed by atoms with van der Waals surface area (Å²) in [6, 6.07) is 0. The third-order valence-corrected chi connectivity index (χ3v) is 3.20. The molecule has 0 bridgehead atoms. The maximum atomic E-state index is 5.12. The Morgan fingerprint density at radius 1 is 1.08 bits per heavy atom. The molecule has 1 aliphatic rings. The topological polar surface area (TPSA) is 9.23 Å². The predicted octanol–water partition coefficient (Wildman–Crippen LogP) is 4.62. The Morgan fingerprint density at radius 2 is 1.54 bits per heavy atom. The zero-order valence-electron chi connectivity index (χ0n) is 8.56. The first kappa shape index (κ1) is 14.4. The second-order valence-electron chi connectivity index (χ2n) is 3.57. The Hall–Kier alpha value is 1.42. The number of alkyl halides is 1. The average Bonchev–Trinajstić information content (AvgIpc) is 2.23. The molecule has 0 aliphatic heterocycles. The smallest absolute Gasteiger partial charge is 0.109 e. The molecule has 0 atom stereocenters. The van der Waals surface area contributed by atoms with E-state index in [9.17, 15) is 0 Å². The Labute approximate surface area is 110 Å². The molecule has 13 heavy (non-hydrogen) atoms. The van der Waals surface area contributed by atoms with Gasteiger partial charge in [0.25, 0.3) is 0 Å². The van der Waals surface area contributed by atoms with E-state index >= 15 is 0 Å². The fraction of sp³-hybridized carbons (Fsp3) is 1.00. The Kier molecular flexibility index (Phi) is 11.0. The van der Waals surface area contributed by atoms with Crippen LogP contribution in [0.15, 0.2) is 0 Å². The highest BCUT2D eigenvalue weighted by Crippen LogP contribution is 2.30. The summed E-state index contributed by atoms with van der Waals surface area (Å²) in [5.74, 6) is 1.87. The molecule has 1 saturated carbocycles. The minimum absolute atomic E-state index is 0.856. The molecular weight excluding hydrogens is 390 g/mol. The van der Waals surface area contributed by atoms with E-state index in [1.807, 2.05) is 27.9 Å². The molecule has 0 aromatic heterocycles. The van der Waals surface area contributed by atoms with Crippen molar-refractivity contribution < 1.29 is 3.07 Å². The molecule has 80 valence electrons. The molecule has 0 aromatic rings. The van der Waals surface area contributed by atoms with Gasteiger partial charge in [0, 0.05) is 0 Å². The highest BCUT2D eigenvalue weighted by atomic mass is 127. The van der Waals surface area contributed by atoms with Crippen LogP contribution >= 0.6 is 45.6 Å². The van der Waals surface area contributed by atoms with Crippen molar-refractivity contribution in [2.45, 2.75) is 39.0 Å². The van der Waals surface area contributed by atoms with Crippen molar-refractivity contribution in [2.75, 3.05) is 11.5 Å². The molecule has 0 amide bonds. The lowest BCUT2D eigenvalue weighted by Gasteiger charge is -2.26. The summed E-state index contributed by atoms with van der Waals surface area (Å²) in [7, 11) is 0. The number of halogens is 2. The zero-order chi connectivity index (χ0) is 10.1. The molecule has 0 aromatic carbocycles. The van der Waals surface area contributed by atoms with Crippen LogP contribution in [0.4, 0.5) is 0 Å². The van der Waals surface area contributed by atoms with Crippen molar-refractivity contribution in [1.82, 2.24) is 0 Å². The van der Waals surface area contributed by atoms with Crippen LogP contribution in [0.3, 0.4) is 0 Å². The maximum absolute atomic E-state index is 5.12. The molecule has 0 unspecified atom stereocenters. The van der Waals surface area contributed by atoms with E-state index in [0.717, 1.165) is 18.4 Å². The monoisotopic (exact) mass is 410 g/mol. The second kappa shape index (κ2) is 9.96. The van der Waals surface area contributed by atoms with E-state index in [-0.39, 0.29) is 0 Å². The van der Waals surface area contributed by atoms with E-state index in [4.69, 9.17) is 3.07 Å². The van der Waals surface area contributed by atoms with E-state index in [0.29, 0.717) is 0 Å². The minimum Gasteiger partial charge on any atom is -0.316 e. The largest absolute Gasteiger partial charge is 0.316 e. The van der Waals surface area contributed by atoms with Gasteiger partial charge in [-0.05, 0) is 29.6 Å². The zero-order valence-corrected chi connectivity index (χ0v) is 12.9. The molecule has 0 saturated heterocycles. The molecule has 3 heteroatoms. The summed E-state index contributed by atoms with van der Waals surface area (Å²) in [6.07, 6.45) is 7.02. The predicted molar refractivity (Wildman–Crippen MR) is 75.7 cm³/mol. The van der Waals surface area contributed by atoms with Gasteiger partial charge in [-0.15, -0.1) is 0 Å². The fourth-order valence-corrected chi connectivity index (χ4v) is 2.40. The first-order valence-corrected chi connectivity index (χ1v) is 8.02. The Bertz CT molecular complexity index is 101. The molecule has 1 fully saturated rings. The molecule has 0 N–H and O–H groups in total. The van der Waals surface area contributed by atoms with Crippen LogP contribution < -0.4 is 0 Å². The summed E-state index contributed by atoms with van der Waals surface area (Å²) in [4.78, 5) is 1.97. The Balaban J connectivity index is 0.000000671. The molecular formula is C10H20I2O. The first-order chi connectivity index (χ1) is 6.36. The second-order valence-corrected chi connectivity index (χ2v) is 4.19. The fourth-order valence-electron chi connectivity index (χ4n) is 1.90. The van der Waals surface area contributed by atoms with Crippen molar-refractivity contribution in [2.24, 2.45) is 11.8 Å². The Morgan fingerprint density at radius 3 is 1.92 bits per heavy atom. The van der Waals surface area contributed by atoms with E-state index in [1.54, 1.807) is 0 Å². The van der Waals surface area contributed by atoms with Gasteiger partial charge in [-0.3, -0.25) is 0 Å². The van der Waals surface area contributed by atoms with Gasteiger partial charge in [0.05, 0.1) is 6.61 Å². The summed E-state index contributed by atoms with van der Waals surface area (Å²) in [5.41, 5.74) is 0. The molecule has 0 heterocycles. The van der Waals surface area contributed by atoms with Crippen LogP contribution in [0.1, 0.15) is 39.0 Å².